The number of nitrogens with two attached hydrogens (primary N) is 1. The highest BCUT2D eigenvalue weighted by molar-refractivity contribution is 7.90. The van der Waals surface area contributed by atoms with Gasteiger partial charge in [-0.1, -0.05) is 19.3 Å². The Morgan fingerprint density at radius 3 is 2.47 bits per heavy atom. The summed E-state index contributed by atoms with van der Waals surface area (Å²) in [5.74, 6) is -0.124. The summed E-state index contributed by atoms with van der Waals surface area (Å²) in [6, 6.07) is 0. The normalized spacial score (nSPS) is 19.1. The number of hydrogen-bond donors (Lipinski definition) is 2. The topological polar surface area (TPSA) is 98.5 Å². The van der Waals surface area contributed by atoms with Gasteiger partial charge in [-0.25, -0.2) is 8.42 Å². The SMILES string of the molecule is CS(=O)(=O)CCOCCNC(=O)C1(N)CCCCC1. The number of sulfone groups is 1. The first-order chi connectivity index (χ1) is 8.83. The molecule has 112 valence electrons. The van der Waals surface area contributed by atoms with Crippen molar-refractivity contribution in [1.29, 1.82) is 0 Å². The third-order valence-electron chi connectivity index (χ3n) is 3.33. The summed E-state index contributed by atoms with van der Waals surface area (Å²) in [7, 11) is -2.99. The molecule has 0 aliphatic heterocycles. The summed E-state index contributed by atoms with van der Waals surface area (Å²) < 4.78 is 26.9. The van der Waals surface area contributed by atoms with Crippen LogP contribution in [0.4, 0.5) is 0 Å². The van der Waals surface area contributed by atoms with Crippen molar-refractivity contribution >= 4 is 15.7 Å². The molecule has 0 saturated heterocycles. The van der Waals surface area contributed by atoms with E-state index in [1.807, 2.05) is 0 Å². The molecular weight excluding hydrogens is 268 g/mol. The summed E-state index contributed by atoms with van der Waals surface area (Å²) in [5.41, 5.74) is 5.34. The van der Waals surface area contributed by atoms with Gasteiger partial charge in [0.1, 0.15) is 9.84 Å². The summed E-state index contributed by atoms with van der Waals surface area (Å²) in [6.45, 7) is 0.821. The maximum atomic E-state index is 11.9. The average Bonchev–Trinajstić information content (AvgIpc) is 2.33. The minimum Gasteiger partial charge on any atom is -0.379 e. The van der Waals surface area contributed by atoms with Crippen molar-refractivity contribution in [3.8, 4) is 0 Å². The highest BCUT2D eigenvalue weighted by Gasteiger charge is 2.34. The van der Waals surface area contributed by atoms with Crippen molar-refractivity contribution in [1.82, 2.24) is 5.32 Å². The summed E-state index contributed by atoms with van der Waals surface area (Å²) >= 11 is 0. The monoisotopic (exact) mass is 292 g/mol. The molecule has 0 aromatic heterocycles. The van der Waals surface area contributed by atoms with E-state index in [1.165, 1.54) is 6.26 Å². The van der Waals surface area contributed by atoms with Crippen LogP contribution in [0, 0.1) is 0 Å². The van der Waals surface area contributed by atoms with Crippen LogP contribution in [0.15, 0.2) is 0 Å². The lowest BCUT2D eigenvalue weighted by Crippen LogP contribution is -2.55. The second-order valence-electron chi connectivity index (χ2n) is 5.21. The first kappa shape index (κ1) is 16.4. The Kier molecular flexibility index (Phi) is 6.22. The molecule has 3 N–H and O–H groups in total. The van der Waals surface area contributed by atoms with E-state index in [2.05, 4.69) is 5.32 Å². The molecule has 0 atom stereocenters. The summed E-state index contributed by atoms with van der Waals surface area (Å²) in [6.07, 6.45) is 5.76. The predicted octanol–water partition coefficient (Wildman–Crippen LogP) is -0.175. The van der Waals surface area contributed by atoms with Crippen LogP contribution >= 0.6 is 0 Å². The molecule has 0 aromatic rings. The fourth-order valence-electron chi connectivity index (χ4n) is 2.13. The van der Waals surface area contributed by atoms with E-state index < -0.39 is 15.4 Å². The second kappa shape index (κ2) is 7.21. The zero-order valence-corrected chi connectivity index (χ0v) is 12.3. The minimum absolute atomic E-state index is 0.00176. The maximum Gasteiger partial charge on any atom is 0.240 e. The first-order valence-corrected chi connectivity index (χ1v) is 8.72. The molecule has 0 heterocycles. The van der Waals surface area contributed by atoms with E-state index in [0.717, 1.165) is 32.1 Å². The third-order valence-corrected chi connectivity index (χ3v) is 4.24. The molecular formula is C12H24N2O4S. The molecule has 1 aliphatic carbocycles. The van der Waals surface area contributed by atoms with Gasteiger partial charge in [0.05, 0.1) is 24.5 Å². The molecule has 0 unspecified atom stereocenters. The molecule has 0 radical (unpaired) electrons. The van der Waals surface area contributed by atoms with Crippen molar-refractivity contribution in [3.05, 3.63) is 0 Å². The zero-order chi connectivity index (χ0) is 14.4. The van der Waals surface area contributed by atoms with Gasteiger partial charge in [-0.2, -0.15) is 0 Å². The molecule has 0 spiro atoms. The van der Waals surface area contributed by atoms with Crippen molar-refractivity contribution in [3.63, 3.8) is 0 Å². The first-order valence-electron chi connectivity index (χ1n) is 6.66. The molecule has 1 amide bonds. The summed E-state index contributed by atoms with van der Waals surface area (Å²) in [5, 5.41) is 2.75. The minimum atomic E-state index is -2.99. The molecule has 0 aromatic carbocycles. The van der Waals surface area contributed by atoms with Crippen molar-refractivity contribution in [2.24, 2.45) is 5.73 Å². The fourth-order valence-corrected chi connectivity index (χ4v) is 2.56. The van der Waals surface area contributed by atoms with Crippen molar-refractivity contribution < 1.29 is 17.9 Å². The largest absolute Gasteiger partial charge is 0.379 e. The molecule has 1 rings (SSSR count). The van der Waals surface area contributed by atoms with Crippen molar-refractivity contribution in [2.45, 2.75) is 37.6 Å². The number of hydrogen-bond acceptors (Lipinski definition) is 5. The highest BCUT2D eigenvalue weighted by atomic mass is 32.2. The van der Waals surface area contributed by atoms with Crippen LogP contribution in [0.1, 0.15) is 32.1 Å². The zero-order valence-electron chi connectivity index (χ0n) is 11.5. The molecule has 1 fully saturated rings. The highest BCUT2D eigenvalue weighted by Crippen LogP contribution is 2.25. The number of nitrogens with one attached hydrogen (secondary N) is 1. The number of ether oxygens (including phenoxy) is 1. The van der Waals surface area contributed by atoms with Crippen LogP contribution < -0.4 is 11.1 Å². The molecule has 0 bridgehead atoms. The number of carbonyl (C=O) groups excluding carboxylic acids is 1. The molecule has 7 heteroatoms. The van der Waals surface area contributed by atoms with Gasteiger partial charge in [-0.15, -0.1) is 0 Å². The van der Waals surface area contributed by atoms with E-state index in [-0.39, 0.29) is 18.3 Å². The van der Waals surface area contributed by atoms with Gasteiger partial charge in [0.2, 0.25) is 5.91 Å². The molecule has 1 saturated carbocycles. The molecule has 1 aliphatic rings. The Bertz CT molecular complexity index is 389. The van der Waals surface area contributed by atoms with Crippen LogP contribution in [0.2, 0.25) is 0 Å². The fraction of sp³-hybridized carbons (Fsp3) is 0.917. The second-order valence-corrected chi connectivity index (χ2v) is 7.47. The van der Waals surface area contributed by atoms with E-state index in [0.29, 0.717) is 13.2 Å². The van der Waals surface area contributed by atoms with Gasteiger partial charge < -0.3 is 15.8 Å². The Morgan fingerprint density at radius 2 is 1.89 bits per heavy atom. The van der Waals surface area contributed by atoms with Crippen LogP contribution in [0.25, 0.3) is 0 Å². The maximum absolute atomic E-state index is 11.9. The van der Waals surface area contributed by atoms with Gasteiger partial charge in [-0.3, -0.25) is 4.79 Å². The molecule has 19 heavy (non-hydrogen) atoms. The Balaban J connectivity index is 2.13. The van der Waals surface area contributed by atoms with E-state index in [4.69, 9.17) is 10.5 Å². The Labute approximate surface area is 115 Å². The van der Waals surface area contributed by atoms with Crippen molar-refractivity contribution in [2.75, 3.05) is 31.8 Å². The lowest BCUT2D eigenvalue weighted by Gasteiger charge is -2.31. The van der Waals surface area contributed by atoms with E-state index in [1.54, 1.807) is 0 Å². The van der Waals surface area contributed by atoms with Gasteiger partial charge in [0.25, 0.3) is 0 Å². The number of amides is 1. The predicted molar refractivity (Wildman–Crippen MR) is 73.5 cm³/mol. The lowest BCUT2D eigenvalue weighted by molar-refractivity contribution is -0.127. The lowest BCUT2D eigenvalue weighted by atomic mass is 9.82. The number of carbonyl (C=O) groups is 1. The molecule has 6 nitrogen and oxygen atoms in total. The van der Waals surface area contributed by atoms with Gasteiger partial charge in [0.15, 0.2) is 0 Å². The average molecular weight is 292 g/mol. The van der Waals surface area contributed by atoms with Gasteiger partial charge in [-0.05, 0) is 12.8 Å². The van der Waals surface area contributed by atoms with Crippen LogP contribution in [0.5, 0.6) is 0 Å². The third kappa shape index (κ3) is 6.35. The number of rotatable bonds is 7. The Morgan fingerprint density at radius 1 is 1.26 bits per heavy atom. The van der Waals surface area contributed by atoms with Gasteiger partial charge in [0, 0.05) is 12.8 Å². The van der Waals surface area contributed by atoms with Crippen LogP contribution in [-0.4, -0.2) is 51.6 Å². The Hall–Kier alpha value is -0.660. The smallest absolute Gasteiger partial charge is 0.240 e. The standard InChI is InChI=1S/C12H24N2O4S/c1-19(16,17)10-9-18-8-7-14-11(15)12(13)5-3-2-4-6-12/h2-10,13H2,1H3,(H,14,15). The quantitative estimate of drug-likeness (QED) is 0.635. The van der Waals surface area contributed by atoms with Crippen LogP contribution in [-0.2, 0) is 19.4 Å². The van der Waals surface area contributed by atoms with E-state index >= 15 is 0 Å². The van der Waals surface area contributed by atoms with Crippen LogP contribution in [0.3, 0.4) is 0 Å². The van der Waals surface area contributed by atoms with E-state index in [9.17, 15) is 13.2 Å². The van der Waals surface area contributed by atoms with Gasteiger partial charge >= 0.3 is 0 Å². The summed E-state index contributed by atoms with van der Waals surface area (Å²) in [4.78, 5) is 11.9.